The Morgan fingerprint density at radius 3 is 2.88 bits per heavy atom. The monoisotopic (exact) mass is 279 g/mol. The van der Waals surface area contributed by atoms with Crippen molar-refractivity contribution >= 4 is 15.9 Å². The predicted octanol–water partition coefficient (Wildman–Crippen LogP) is 2.52. The van der Waals surface area contributed by atoms with Gasteiger partial charge in [0.2, 0.25) is 0 Å². The molecular weight excluding hydrogens is 266 g/mol. The lowest BCUT2D eigenvalue weighted by atomic mass is 10.1. The van der Waals surface area contributed by atoms with Gasteiger partial charge >= 0.3 is 0 Å². The topological polar surface area (TPSA) is 43.8 Å². The first-order valence-corrected chi connectivity index (χ1v) is 5.98. The Morgan fingerprint density at radius 2 is 2.31 bits per heavy atom. The number of halogens is 1. The highest BCUT2D eigenvalue weighted by Gasteiger charge is 2.04. The molecule has 0 saturated heterocycles. The summed E-state index contributed by atoms with van der Waals surface area (Å²) < 4.78 is 3.03. The molecule has 2 rings (SSSR count). The summed E-state index contributed by atoms with van der Waals surface area (Å²) in [6, 6.07) is 6.47. The standard InChI is InChI=1S/C12H14BrN3/c1-9(14)6-10-2-3-12(11(13)7-10)16-5-4-15-8-16/h2-5,7-9H,6,14H2,1H3. The van der Waals surface area contributed by atoms with E-state index >= 15 is 0 Å². The molecule has 1 unspecified atom stereocenters. The summed E-state index contributed by atoms with van der Waals surface area (Å²) in [6.45, 7) is 2.01. The highest BCUT2D eigenvalue weighted by atomic mass is 79.9. The maximum absolute atomic E-state index is 5.78. The number of imidazole rings is 1. The Morgan fingerprint density at radius 1 is 1.50 bits per heavy atom. The maximum atomic E-state index is 5.78. The van der Waals surface area contributed by atoms with Gasteiger partial charge in [0.25, 0.3) is 0 Å². The smallest absolute Gasteiger partial charge is 0.0992 e. The quantitative estimate of drug-likeness (QED) is 0.938. The Bertz CT molecular complexity index is 463. The molecule has 0 spiro atoms. The molecule has 1 aromatic carbocycles. The molecule has 0 aliphatic rings. The van der Waals surface area contributed by atoms with E-state index in [1.165, 1.54) is 5.56 Å². The molecule has 0 saturated carbocycles. The lowest BCUT2D eigenvalue weighted by Crippen LogP contribution is -2.17. The van der Waals surface area contributed by atoms with Crippen molar-refractivity contribution in [1.29, 1.82) is 0 Å². The molecule has 4 heteroatoms. The average Bonchev–Trinajstić information content (AvgIpc) is 2.69. The fourth-order valence-electron chi connectivity index (χ4n) is 1.66. The van der Waals surface area contributed by atoms with Crippen LogP contribution in [0.25, 0.3) is 5.69 Å². The number of hydrogen-bond donors (Lipinski definition) is 1. The Labute approximate surface area is 103 Å². The number of rotatable bonds is 3. The third-order valence-electron chi connectivity index (χ3n) is 2.35. The summed E-state index contributed by atoms with van der Waals surface area (Å²) in [4.78, 5) is 4.03. The Balaban J connectivity index is 2.30. The number of nitrogens with two attached hydrogens (primary N) is 1. The molecule has 16 heavy (non-hydrogen) atoms. The van der Waals surface area contributed by atoms with Gasteiger partial charge in [-0.1, -0.05) is 6.07 Å². The molecule has 0 bridgehead atoms. The van der Waals surface area contributed by atoms with Gasteiger partial charge in [-0.05, 0) is 47.0 Å². The predicted molar refractivity (Wildman–Crippen MR) is 68.6 cm³/mol. The van der Waals surface area contributed by atoms with Crippen molar-refractivity contribution in [3.8, 4) is 5.69 Å². The van der Waals surface area contributed by atoms with Crippen molar-refractivity contribution in [2.45, 2.75) is 19.4 Å². The van der Waals surface area contributed by atoms with Crippen LogP contribution in [0.5, 0.6) is 0 Å². The van der Waals surface area contributed by atoms with Crippen molar-refractivity contribution in [2.24, 2.45) is 5.73 Å². The average molecular weight is 280 g/mol. The first-order valence-electron chi connectivity index (χ1n) is 5.19. The van der Waals surface area contributed by atoms with Gasteiger partial charge in [-0.15, -0.1) is 0 Å². The molecule has 1 heterocycles. The molecule has 0 aliphatic heterocycles. The third-order valence-corrected chi connectivity index (χ3v) is 2.99. The van der Waals surface area contributed by atoms with Crippen molar-refractivity contribution in [1.82, 2.24) is 9.55 Å². The number of hydrogen-bond acceptors (Lipinski definition) is 2. The molecule has 0 radical (unpaired) electrons. The first-order chi connectivity index (χ1) is 7.66. The van der Waals surface area contributed by atoms with E-state index in [4.69, 9.17) is 5.73 Å². The van der Waals surface area contributed by atoms with E-state index in [-0.39, 0.29) is 6.04 Å². The van der Waals surface area contributed by atoms with Gasteiger partial charge in [-0.3, -0.25) is 0 Å². The second-order valence-corrected chi connectivity index (χ2v) is 4.79. The zero-order valence-corrected chi connectivity index (χ0v) is 10.7. The van der Waals surface area contributed by atoms with Crippen LogP contribution in [-0.4, -0.2) is 15.6 Å². The summed E-state index contributed by atoms with van der Waals surface area (Å²) in [7, 11) is 0. The Hall–Kier alpha value is -1.13. The summed E-state index contributed by atoms with van der Waals surface area (Å²) in [6.07, 6.45) is 6.36. The van der Waals surface area contributed by atoms with Crippen molar-refractivity contribution in [2.75, 3.05) is 0 Å². The minimum Gasteiger partial charge on any atom is -0.328 e. The van der Waals surface area contributed by atoms with E-state index in [1.807, 2.05) is 17.7 Å². The van der Waals surface area contributed by atoms with Crippen LogP contribution >= 0.6 is 15.9 Å². The van der Waals surface area contributed by atoms with Gasteiger partial charge in [-0.2, -0.15) is 0 Å². The molecule has 3 nitrogen and oxygen atoms in total. The summed E-state index contributed by atoms with van der Waals surface area (Å²) in [5, 5.41) is 0. The zero-order chi connectivity index (χ0) is 11.5. The van der Waals surface area contributed by atoms with Crippen LogP contribution in [0.2, 0.25) is 0 Å². The van der Waals surface area contributed by atoms with Crippen LogP contribution in [0.3, 0.4) is 0 Å². The molecule has 1 aromatic heterocycles. The molecule has 0 amide bonds. The normalized spacial score (nSPS) is 12.7. The summed E-state index contributed by atoms with van der Waals surface area (Å²) in [5.74, 6) is 0. The molecule has 84 valence electrons. The van der Waals surface area contributed by atoms with Gasteiger partial charge in [0, 0.05) is 22.9 Å². The van der Waals surface area contributed by atoms with Gasteiger partial charge in [-0.25, -0.2) is 4.98 Å². The van der Waals surface area contributed by atoms with Crippen LogP contribution in [-0.2, 0) is 6.42 Å². The van der Waals surface area contributed by atoms with E-state index in [0.29, 0.717) is 0 Å². The van der Waals surface area contributed by atoms with Crippen LogP contribution in [0.1, 0.15) is 12.5 Å². The lowest BCUT2D eigenvalue weighted by molar-refractivity contribution is 0.737. The van der Waals surface area contributed by atoms with Crippen LogP contribution in [0, 0.1) is 0 Å². The SMILES string of the molecule is CC(N)Cc1ccc(-n2ccnc2)c(Br)c1. The largest absolute Gasteiger partial charge is 0.328 e. The fraction of sp³-hybridized carbons (Fsp3) is 0.250. The molecule has 0 fully saturated rings. The highest BCUT2D eigenvalue weighted by Crippen LogP contribution is 2.22. The minimum atomic E-state index is 0.186. The molecule has 0 aliphatic carbocycles. The molecular formula is C12H14BrN3. The van der Waals surface area contributed by atoms with Crippen molar-refractivity contribution < 1.29 is 0 Å². The maximum Gasteiger partial charge on any atom is 0.0992 e. The number of nitrogens with zero attached hydrogens (tertiary/aromatic N) is 2. The molecule has 2 aromatic rings. The summed E-state index contributed by atoms with van der Waals surface area (Å²) >= 11 is 3.57. The summed E-state index contributed by atoms with van der Waals surface area (Å²) in [5.41, 5.74) is 8.11. The number of aromatic nitrogens is 2. The van der Waals surface area contributed by atoms with Gasteiger partial charge in [0.1, 0.15) is 0 Å². The Kier molecular flexibility index (Phi) is 3.41. The number of benzene rings is 1. The van der Waals surface area contributed by atoms with Crippen molar-refractivity contribution in [3.63, 3.8) is 0 Å². The van der Waals surface area contributed by atoms with E-state index < -0.39 is 0 Å². The van der Waals surface area contributed by atoms with Crippen LogP contribution in [0.4, 0.5) is 0 Å². The van der Waals surface area contributed by atoms with Crippen LogP contribution < -0.4 is 5.73 Å². The molecule has 1 atom stereocenters. The van der Waals surface area contributed by atoms with E-state index in [0.717, 1.165) is 16.6 Å². The van der Waals surface area contributed by atoms with E-state index in [9.17, 15) is 0 Å². The second kappa shape index (κ2) is 4.80. The molecule has 2 N–H and O–H groups in total. The van der Waals surface area contributed by atoms with Gasteiger partial charge < -0.3 is 10.3 Å². The lowest BCUT2D eigenvalue weighted by Gasteiger charge is -2.09. The highest BCUT2D eigenvalue weighted by molar-refractivity contribution is 9.10. The third kappa shape index (κ3) is 2.51. The second-order valence-electron chi connectivity index (χ2n) is 3.94. The van der Waals surface area contributed by atoms with Crippen molar-refractivity contribution in [3.05, 3.63) is 47.0 Å². The minimum absolute atomic E-state index is 0.186. The zero-order valence-electron chi connectivity index (χ0n) is 9.10. The van der Waals surface area contributed by atoms with E-state index in [1.54, 1.807) is 12.5 Å². The van der Waals surface area contributed by atoms with Crippen LogP contribution in [0.15, 0.2) is 41.4 Å². The van der Waals surface area contributed by atoms with Gasteiger partial charge in [0.05, 0.1) is 12.0 Å². The van der Waals surface area contributed by atoms with E-state index in [2.05, 4.69) is 39.1 Å². The fourth-order valence-corrected chi connectivity index (χ4v) is 2.29. The first kappa shape index (κ1) is 11.4. The van der Waals surface area contributed by atoms with Gasteiger partial charge in [0.15, 0.2) is 0 Å².